The molecule has 6 aliphatic rings. The summed E-state index contributed by atoms with van der Waals surface area (Å²) >= 11 is 1.44. The molecule has 12 nitrogen and oxygen atoms in total. The molecule has 13 heteroatoms. The lowest BCUT2D eigenvalue weighted by Crippen LogP contribution is -2.65. The van der Waals surface area contributed by atoms with Crippen molar-refractivity contribution in [3.8, 4) is 17.0 Å². The molecule has 1 saturated heterocycles. The van der Waals surface area contributed by atoms with Crippen LogP contribution in [-0.2, 0) is 24.2 Å². The maximum absolute atomic E-state index is 13.6. The average Bonchev–Trinajstić information content (AvgIpc) is 3.80. The number of anilines is 2. The first-order valence-electron chi connectivity index (χ1n) is 19.1. The third kappa shape index (κ3) is 6.11. The number of fused-ring (bicyclic) bond motifs is 2. The van der Waals surface area contributed by atoms with Gasteiger partial charge >= 0.3 is 6.16 Å². The maximum Gasteiger partial charge on any atom is 0.512 e. The SMILES string of the molecule is O=C(O)Oc1nc(N2CCc3cccc(C(=O)Nc4nc5ccccc5s4)c3C2)ccc1-c1cnn(CC23CC4CC(C2)CC(N2CCOCC2)(C4)C3)c1. The molecule has 278 valence electrons. The Hall–Kier alpha value is -4.85. The first kappa shape index (κ1) is 33.7. The van der Waals surface area contributed by atoms with Crippen molar-refractivity contribution >= 4 is 44.6 Å². The van der Waals surface area contributed by atoms with Gasteiger partial charge in [-0.3, -0.25) is 19.7 Å². The molecular weight excluding hydrogens is 703 g/mol. The van der Waals surface area contributed by atoms with Crippen molar-refractivity contribution in [3.63, 3.8) is 0 Å². The van der Waals surface area contributed by atoms with Crippen LogP contribution < -0.4 is 15.0 Å². The fourth-order valence-corrected chi connectivity index (χ4v) is 11.9. The zero-order chi connectivity index (χ0) is 36.4. The lowest BCUT2D eigenvalue weighted by Gasteiger charge is -2.65. The Balaban J connectivity index is 0.887. The number of aromatic nitrogens is 4. The number of carboxylic acid groups (broad SMARTS) is 1. The van der Waals surface area contributed by atoms with Gasteiger partial charge in [0, 0.05) is 61.1 Å². The third-order valence-corrected chi connectivity index (χ3v) is 13.6. The molecule has 4 saturated carbocycles. The molecule has 0 radical (unpaired) electrons. The molecule has 1 amide bonds. The number of carbonyl (C=O) groups is 2. The number of amides is 1. The summed E-state index contributed by atoms with van der Waals surface area (Å²) in [6, 6.07) is 17.4. The van der Waals surface area contributed by atoms with Crippen LogP contribution in [0.15, 0.2) is 67.0 Å². The topological polar surface area (TPSA) is 135 Å². The van der Waals surface area contributed by atoms with Crippen LogP contribution in [0.1, 0.15) is 60.0 Å². The molecule has 3 aromatic heterocycles. The fraction of sp³-hybridized carbons (Fsp3) is 0.439. The van der Waals surface area contributed by atoms with E-state index in [9.17, 15) is 14.7 Å². The van der Waals surface area contributed by atoms with Gasteiger partial charge in [0.05, 0.1) is 29.6 Å². The van der Waals surface area contributed by atoms with E-state index in [2.05, 4.69) is 30.8 Å². The quantitative estimate of drug-likeness (QED) is 0.159. The second-order valence-corrected chi connectivity index (χ2v) is 17.2. The number of pyridine rings is 1. The van der Waals surface area contributed by atoms with E-state index in [1.807, 2.05) is 54.7 Å². The largest absolute Gasteiger partial charge is 0.512 e. The number of benzene rings is 2. The van der Waals surface area contributed by atoms with Crippen molar-refractivity contribution in [2.45, 2.75) is 63.6 Å². The molecule has 11 rings (SSSR count). The molecule has 5 heterocycles. The van der Waals surface area contributed by atoms with E-state index < -0.39 is 6.16 Å². The lowest BCUT2D eigenvalue weighted by molar-refractivity contribution is -0.155. The van der Waals surface area contributed by atoms with Gasteiger partial charge in [0.15, 0.2) is 5.13 Å². The molecule has 0 spiro atoms. The number of ether oxygens (including phenoxy) is 2. The number of nitrogens with zero attached hydrogens (tertiary/aromatic N) is 6. The Kier molecular flexibility index (Phi) is 8.22. The number of rotatable bonds is 8. The molecule has 5 fully saturated rings. The smallest absolute Gasteiger partial charge is 0.449 e. The summed E-state index contributed by atoms with van der Waals surface area (Å²) in [6.07, 6.45) is 10.8. The van der Waals surface area contributed by atoms with Crippen molar-refractivity contribution in [1.82, 2.24) is 24.6 Å². The Morgan fingerprint density at radius 3 is 2.63 bits per heavy atom. The number of nitrogens with one attached hydrogen (secondary N) is 1. The Labute approximate surface area is 317 Å². The molecule has 2 aromatic carbocycles. The Bertz CT molecular complexity index is 2220. The van der Waals surface area contributed by atoms with E-state index in [-0.39, 0.29) is 22.7 Å². The summed E-state index contributed by atoms with van der Waals surface area (Å²) in [5.74, 6) is 1.92. The minimum Gasteiger partial charge on any atom is -0.449 e. The van der Waals surface area contributed by atoms with Crippen LogP contribution in [0.25, 0.3) is 21.3 Å². The zero-order valence-corrected chi connectivity index (χ0v) is 30.9. The van der Waals surface area contributed by atoms with Gasteiger partial charge in [0.2, 0.25) is 5.88 Å². The summed E-state index contributed by atoms with van der Waals surface area (Å²) < 4.78 is 14.1. The van der Waals surface area contributed by atoms with Crippen LogP contribution >= 0.6 is 11.3 Å². The molecule has 4 bridgehead atoms. The van der Waals surface area contributed by atoms with Gasteiger partial charge in [0.1, 0.15) is 5.82 Å². The maximum atomic E-state index is 13.6. The van der Waals surface area contributed by atoms with Crippen molar-refractivity contribution < 1.29 is 24.2 Å². The van der Waals surface area contributed by atoms with Gasteiger partial charge in [-0.2, -0.15) is 10.1 Å². The van der Waals surface area contributed by atoms with Crippen LogP contribution in [-0.4, -0.2) is 80.2 Å². The number of para-hydroxylation sites is 1. The summed E-state index contributed by atoms with van der Waals surface area (Å²) in [5, 5.41) is 18.1. The molecule has 54 heavy (non-hydrogen) atoms. The molecule has 5 aromatic rings. The summed E-state index contributed by atoms with van der Waals surface area (Å²) in [4.78, 5) is 39.7. The van der Waals surface area contributed by atoms with Gasteiger partial charge < -0.3 is 19.5 Å². The highest BCUT2D eigenvalue weighted by atomic mass is 32.1. The van der Waals surface area contributed by atoms with Crippen molar-refractivity contribution in [2.24, 2.45) is 17.3 Å². The summed E-state index contributed by atoms with van der Waals surface area (Å²) in [5.41, 5.74) is 5.29. The van der Waals surface area contributed by atoms with Gasteiger partial charge in [-0.25, -0.2) is 9.78 Å². The normalized spacial score (nSPS) is 26.2. The van der Waals surface area contributed by atoms with E-state index >= 15 is 0 Å². The van der Waals surface area contributed by atoms with Crippen LogP contribution in [0, 0.1) is 17.3 Å². The lowest BCUT2D eigenvalue weighted by atomic mass is 9.46. The number of hydrogen-bond donors (Lipinski definition) is 2. The minimum atomic E-state index is -1.42. The highest BCUT2D eigenvalue weighted by molar-refractivity contribution is 7.22. The van der Waals surface area contributed by atoms with Gasteiger partial charge in [0.25, 0.3) is 5.91 Å². The van der Waals surface area contributed by atoms with E-state index in [4.69, 9.17) is 19.6 Å². The number of morpholine rings is 1. The minimum absolute atomic E-state index is 0.0216. The fourth-order valence-electron chi connectivity index (χ4n) is 11.0. The molecule has 2 unspecified atom stereocenters. The molecular formula is C41H43N7O5S. The van der Waals surface area contributed by atoms with Gasteiger partial charge in [-0.1, -0.05) is 35.6 Å². The monoisotopic (exact) mass is 745 g/mol. The first-order chi connectivity index (χ1) is 26.3. The Morgan fingerprint density at radius 1 is 0.981 bits per heavy atom. The molecule has 2 atom stereocenters. The van der Waals surface area contributed by atoms with E-state index in [0.29, 0.717) is 41.6 Å². The zero-order valence-electron chi connectivity index (χ0n) is 30.1. The number of hydrogen-bond acceptors (Lipinski definition) is 10. The first-order valence-corrected chi connectivity index (χ1v) is 19.9. The number of carbonyl (C=O) groups excluding carboxylic acids is 1. The van der Waals surface area contributed by atoms with Crippen molar-refractivity contribution in [3.05, 3.63) is 83.7 Å². The predicted octanol–water partition coefficient (Wildman–Crippen LogP) is 7.10. The predicted molar refractivity (Wildman–Crippen MR) is 205 cm³/mol. The van der Waals surface area contributed by atoms with Gasteiger partial charge in [-0.15, -0.1) is 0 Å². The molecule has 4 aliphatic carbocycles. The van der Waals surface area contributed by atoms with Crippen molar-refractivity contribution in [1.29, 1.82) is 0 Å². The highest BCUT2D eigenvalue weighted by Gasteiger charge is 2.59. The third-order valence-electron chi connectivity index (χ3n) is 12.7. The van der Waals surface area contributed by atoms with Crippen LogP contribution in [0.5, 0.6) is 5.88 Å². The van der Waals surface area contributed by atoms with Gasteiger partial charge in [-0.05, 0) is 104 Å². The van der Waals surface area contributed by atoms with E-state index in [1.165, 1.54) is 49.9 Å². The van der Waals surface area contributed by atoms with Crippen LogP contribution in [0.3, 0.4) is 0 Å². The van der Waals surface area contributed by atoms with Crippen LogP contribution in [0.4, 0.5) is 15.7 Å². The van der Waals surface area contributed by atoms with E-state index in [0.717, 1.165) is 71.6 Å². The van der Waals surface area contributed by atoms with Crippen molar-refractivity contribution in [2.75, 3.05) is 43.1 Å². The van der Waals surface area contributed by atoms with Crippen LogP contribution in [0.2, 0.25) is 0 Å². The average molecular weight is 746 g/mol. The summed E-state index contributed by atoms with van der Waals surface area (Å²) in [7, 11) is 0. The molecule has 2 N–H and O–H groups in total. The standard InChI is InChI=1S/C41H43N7O5S/c49-36(45-38-43-33-6-1-2-7-34(33)54-38)31-5-3-4-28-10-11-46(23-32(28)31)35-9-8-30(37(44-35)53-39(50)51)29-21-42-48(22-29)25-40-17-26-16-27(18-40)20-41(19-26,24-40)47-12-14-52-15-13-47/h1-9,21-22,26-27H,10-20,23-25H2,(H,50,51)(H,43,45,49). The number of thiazole rings is 1. The van der Waals surface area contributed by atoms with E-state index in [1.54, 1.807) is 6.20 Å². The highest BCUT2D eigenvalue weighted by Crippen LogP contribution is 2.64. The Morgan fingerprint density at radius 2 is 1.81 bits per heavy atom. The second-order valence-electron chi connectivity index (χ2n) is 16.2. The molecule has 2 aliphatic heterocycles. The second kappa shape index (κ2) is 13.2. The summed E-state index contributed by atoms with van der Waals surface area (Å²) in [6.45, 7) is 5.66.